The van der Waals surface area contributed by atoms with Crippen molar-refractivity contribution in [1.82, 2.24) is 15.1 Å². The van der Waals surface area contributed by atoms with Crippen LogP contribution in [-0.2, 0) is 14.4 Å². The van der Waals surface area contributed by atoms with Crippen LogP contribution < -0.4 is 21.1 Å². The lowest BCUT2D eigenvalue weighted by atomic mass is 10.1. The third kappa shape index (κ3) is 6.46. The molecule has 1 aromatic rings. The Morgan fingerprint density at radius 3 is 2.61 bits per heavy atom. The predicted octanol–water partition coefficient (Wildman–Crippen LogP) is 0.696. The fourth-order valence-electron chi connectivity index (χ4n) is 3.40. The van der Waals surface area contributed by atoms with Crippen LogP contribution >= 0.6 is 0 Å². The lowest BCUT2D eigenvalue weighted by molar-refractivity contribution is -0.142. The maximum Gasteiger partial charge on any atom is 0.319 e. The number of carbonyl (C=O) groups is 4. The van der Waals surface area contributed by atoms with Crippen LogP contribution in [0.25, 0.3) is 0 Å². The lowest BCUT2D eigenvalue weighted by Gasteiger charge is -2.30. The lowest BCUT2D eigenvalue weighted by Crippen LogP contribution is -2.56. The van der Waals surface area contributed by atoms with Gasteiger partial charge in [0.05, 0.1) is 19.7 Å². The van der Waals surface area contributed by atoms with Crippen LogP contribution in [-0.4, -0.2) is 72.9 Å². The van der Waals surface area contributed by atoms with Crippen molar-refractivity contribution in [2.45, 2.75) is 32.4 Å². The summed E-state index contributed by atoms with van der Waals surface area (Å²) in [5.41, 5.74) is 6.50. The molecule has 31 heavy (non-hydrogen) atoms. The largest absolute Gasteiger partial charge is 0.497 e. The first kappa shape index (κ1) is 23.7. The van der Waals surface area contributed by atoms with E-state index < -0.39 is 29.9 Å². The zero-order valence-corrected chi connectivity index (χ0v) is 18.2. The number of nitrogens with two attached hydrogens (primary N) is 1. The second-order valence-corrected chi connectivity index (χ2v) is 7.58. The molecule has 4 N–H and O–H groups in total. The third-order valence-corrected chi connectivity index (χ3v) is 4.76. The Morgan fingerprint density at radius 2 is 2.00 bits per heavy atom. The van der Waals surface area contributed by atoms with Crippen molar-refractivity contribution in [3.8, 4) is 5.75 Å². The fraction of sp³-hybridized carbons (Fsp3) is 0.429. The molecule has 1 aliphatic rings. The number of hydrogen-bond donors (Lipinski definition) is 3. The number of nitrogens with one attached hydrogen (secondary N) is 2. The first-order valence-corrected chi connectivity index (χ1v) is 9.82. The molecule has 168 valence electrons. The number of carbonyl (C=O) groups excluding carboxylic acids is 4. The van der Waals surface area contributed by atoms with Crippen LogP contribution in [0.2, 0.25) is 0 Å². The standard InChI is InChI=1S/C21H29N5O5/c1-13(2)10-18(28)26-9-8-16(19(26)20(29)25(3)12-17(22)27)24-21(30)23-14-6-5-7-15(11-14)31-4/h5-7,10-11,16,19H,8-9,12H2,1-4H3,(H2,22,27)(H2,23,24,30). The molecule has 0 aliphatic carbocycles. The number of benzene rings is 1. The maximum absolute atomic E-state index is 13.0. The molecule has 5 amide bonds. The van der Waals surface area contributed by atoms with Crippen LogP contribution in [0.1, 0.15) is 20.3 Å². The van der Waals surface area contributed by atoms with E-state index in [0.717, 1.165) is 10.5 Å². The van der Waals surface area contributed by atoms with Gasteiger partial charge in [-0.25, -0.2) is 4.79 Å². The zero-order valence-electron chi connectivity index (χ0n) is 18.2. The molecule has 2 unspecified atom stereocenters. The van der Waals surface area contributed by atoms with Crippen LogP contribution in [0.5, 0.6) is 5.75 Å². The molecule has 0 spiro atoms. The van der Waals surface area contributed by atoms with Gasteiger partial charge in [0.1, 0.15) is 11.8 Å². The minimum absolute atomic E-state index is 0.285. The number of amides is 5. The van der Waals surface area contributed by atoms with Gasteiger partial charge in [-0.05, 0) is 32.4 Å². The van der Waals surface area contributed by atoms with Crippen LogP contribution in [0.3, 0.4) is 0 Å². The number of likely N-dealkylation sites (tertiary alicyclic amines) is 1. The molecule has 0 bridgehead atoms. The zero-order chi connectivity index (χ0) is 23.1. The monoisotopic (exact) mass is 431 g/mol. The topological polar surface area (TPSA) is 134 Å². The highest BCUT2D eigenvalue weighted by atomic mass is 16.5. The van der Waals surface area contributed by atoms with Crippen LogP contribution in [0.4, 0.5) is 10.5 Å². The third-order valence-electron chi connectivity index (χ3n) is 4.76. The van der Waals surface area contributed by atoms with Gasteiger partial charge in [0.15, 0.2) is 0 Å². The minimum atomic E-state index is -0.955. The molecular weight excluding hydrogens is 402 g/mol. The number of primary amides is 1. The van der Waals surface area contributed by atoms with Gasteiger partial charge in [-0.2, -0.15) is 0 Å². The van der Waals surface area contributed by atoms with Crippen molar-refractivity contribution in [1.29, 1.82) is 0 Å². The van der Waals surface area contributed by atoms with Crippen molar-refractivity contribution in [3.63, 3.8) is 0 Å². The molecule has 2 atom stereocenters. The van der Waals surface area contributed by atoms with E-state index in [2.05, 4.69) is 10.6 Å². The number of anilines is 1. The predicted molar refractivity (Wildman–Crippen MR) is 115 cm³/mol. The highest BCUT2D eigenvalue weighted by molar-refractivity contribution is 5.96. The molecule has 0 aromatic heterocycles. The smallest absolute Gasteiger partial charge is 0.319 e. The van der Waals surface area contributed by atoms with Crippen molar-refractivity contribution in [2.75, 3.05) is 32.6 Å². The van der Waals surface area contributed by atoms with Crippen molar-refractivity contribution >= 4 is 29.4 Å². The van der Waals surface area contributed by atoms with Gasteiger partial charge in [-0.1, -0.05) is 11.6 Å². The highest BCUT2D eigenvalue weighted by Gasteiger charge is 2.43. The number of methoxy groups -OCH3 is 1. The Kier molecular flexibility index (Phi) is 8.00. The Morgan fingerprint density at radius 1 is 1.29 bits per heavy atom. The van der Waals surface area contributed by atoms with E-state index in [9.17, 15) is 19.2 Å². The summed E-state index contributed by atoms with van der Waals surface area (Å²) < 4.78 is 5.14. The molecule has 1 fully saturated rings. The second kappa shape index (κ2) is 10.5. The summed E-state index contributed by atoms with van der Waals surface area (Å²) in [5, 5.41) is 5.47. The molecule has 2 rings (SSSR count). The number of allylic oxidation sites excluding steroid dienone is 1. The molecule has 0 radical (unpaired) electrons. The Labute approximate surface area is 181 Å². The summed E-state index contributed by atoms with van der Waals surface area (Å²) in [6.45, 7) is 3.55. The second-order valence-electron chi connectivity index (χ2n) is 7.58. The Balaban J connectivity index is 2.19. The van der Waals surface area contributed by atoms with E-state index in [1.807, 2.05) is 0 Å². The normalized spacial score (nSPS) is 17.5. The summed E-state index contributed by atoms with van der Waals surface area (Å²) in [6, 6.07) is 4.72. The first-order chi connectivity index (χ1) is 14.6. The van der Waals surface area contributed by atoms with Gasteiger partial charge in [0.25, 0.3) is 0 Å². The van der Waals surface area contributed by atoms with Gasteiger partial charge >= 0.3 is 6.03 Å². The number of rotatable bonds is 7. The number of nitrogens with zero attached hydrogens (tertiary/aromatic N) is 2. The van der Waals surface area contributed by atoms with Gasteiger partial charge in [-0.3, -0.25) is 14.4 Å². The summed E-state index contributed by atoms with van der Waals surface area (Å²) in [6.07, 6.45) is 1.82. The van der Waals surface area contributed by atoms with Crippen LogP contribution in [0.15, 0.2) is 35.9 Å². The van der Waals surface area contributed by atoms with Crippen molar-refractivity contribution < 1.29 is 23.9 Å². The molecule has 1 aliphatic heterocycles. The van der Waals surface area contributed by atoms with E-state index in [0.29, 0.717) is 17.9 Å². The fourth-order valence-corrected chi connectivity index (χ4v) is 3.40. The maximum atomic E-state index is 13.0. The van der Waals surface area contributed by atoms with E-state index in [4.69, 9.17) is 10.5 Å². The van der Waals surface area contributed by atoms with Crippen molar-refractivity contribution in [2.24, 2.45) is 5.73 Å². The number of ether oxygens (including phenoxy) is 1. The van der Waals surface area contributed by atoms with E-state index in [1.165, 1.54) is 25.1 Å². The van der Waals surface area contributed by atoms with Gasteiger partial charge in [-0.15, -0.1) is 0 Å². The SMILES string of the molecule is COc1cccc(NC(=O)NC2CCN(C(=O)C=C(C)C)C2C(=O)N(C)CC(N)=O)c1. The van der Waals surface area contributed by atoms with E-state index in [1.54, 1.807) is 38.1 Å². The van der Waals surface area contributed by atoms with E-state index in [-0.39, 0.29) is 19.0 Å². The van der Waals surface area contributed by atoms with Gasteiger partial charge in [0, 0.05) is 31.4 Å². The molecule has 0 saturated carbocycles. The Bertz CT molecular complexity index is 881. The highest BCUT2D eigenvalue weighted by Crippen LogP contribution is 2.22. The quantitative estimate of drug-likeness (QED) is 0.546. The van der Waals surface area contributed by atoms with Gasteiger partial charge in [0.2, 0.25) is 17.7 Å². The van der Waals surface area contributed by atoms with Gasteiger partial charge < -0.3 is 30.9 Å². The summed E-state index contributed by atoms with van der Waals surface area (Å²) >= 11 is 0. The molecule has 10 nitrogen and oxygen atoms in total. The Hall–Kier alpha value is -3.56. The average molecular weight is 431 g/mol. The first-order valence-electron chi connectivity index (χ1n) is 9.82. The number of hydrogen-bond acceptors (Lipinski definition) is 5. The molecule has 1 aromatic carbocycles. The number of likely N-dealkylation sites (N-methyl/N-ethyl adjacent to an activating group) is 1. The summed E-state index contributed by atoms with van der Waals surface area (Å²) in [5.74, 6) is -0.892. The van der Waals surface area contributed by atoms with Crippen molar-refractivity contribution in [3.05, 3.63) is 35.9 Å². The molecule has 10 heteroatoms. The van der Waals surface area contributed by atoms with Crippen LogP contribution in [0, 0.1) is 0 Å². The molecule has 1 saturated heterocycles. The summed E-state index contributed by atoms with van der Waals surface area (Å²) in [4.78, 5) is 52.1. The van der Waals surface area contributed by atoms with E-state index >= 15 is 0 Å². The minimum Gasteiger partial charge on any atom is -0.497 e. The number of urea groups is 1. The average Bonchev–Trinajstić information content (AvgIpc) is 3.09. The summed E-state index contributed by atoms with van der Waals surface area (Å²) in [7, 11) is 2.96. The molecule has 1 heterocycles. The molecular formula is C21H29N5O5.